The van der Waals surface area contributed by atoms with Crippen LogP contribution in [0.2, 0.25) is 0 Å². The van der Waals surface area contributed by atoms with E-state index < -0.39 is 11.6 Å². The molecule has 1 atom stereocenters. The number of nitrogens with zero attached hydrogens (tertiary/aromatic N) is 5. The maximum absolute atomic E-state index is 14.7. The van der Waals surface area contributed by atoms with Crippen molar-refractivity contribution in [3.05, 3.63) is 59.2 Å². The molecule has 7 nitrogen and oxygen atoms in total. The highest BCUT2D eigenvalue weighted by molar-refractivity contribution is 5.96. The zero-order chi connectivity index (χ0) is 20.8. The predicted octanol–water partition coefficient (Wildman–Crippen LogP) is 2.90. The molecular weight excluding hydrogens is 392 g/mol. The first kappa shape index (κ1) is 18.9. The lowest BCUT2D eigenvalue weighted by molar-refractivity contribution is 0.0749. The summed E-state index contributed by atoms with van der Waals surface area (Å²) >= 11 is 0. The maximum atomic E-state index is 14.7. The van der Waals surface area contributed by atoms with Crippen molar-refractivity contribution in [2.75, 3.05) is 6.61 Å². The van der Waals surface area contributed by atoms with Gasteiger partial charge >= 0.3 is 0 Å². The summed E-state index contributed by atoms with van der Waals surface area (Å²) in [5.74, 6) is -1.68. The molecule has 3 aromatic rings. The number of amides is 1. The molecule has 2 aromatic heterocycles. The average molecular weight is 413 g/mol. The number of aromatic nitrogens is 4. The summed E-state index contributed by atoms with van der Waals surface area (Å²) in [6.07, 6.45) is 7.20. The molecule has 0 saturated carbocycles. The van der Waals surface area contributed by atoms with Gasteiger partial charge in [0, 0.05) is 42.7 Å². The van der Waals surface area contributed by atoms with Gasteiger partial charge in [0.2, 0.25) is 0 Å². The fourth-order valence-corrected chi connectivity index (χ4v) is 4.09. The highest BCUT2D eigenvalue weighted by Gasteiger charge is 2.32. The van der Waals surface area contributed by atoms with E-state index in [1.54, 1.807) is 28.8 Å². The molecule has 0 aliphatic carbocycles. The van der Waals surface area contributed by atoms with E-state index in [2.05, 4.69) is 10.2 Å². The van der Waals surface area contributed by atoms with E-state index in [-0.39, 0.29) is 30.7 Å². The Morgan fingerprint density at radius 3 is 2.63 bits per heavy atom. The zero-order valence-electron chi connectivity index (χ0n) is 16.5. The van der Waals surface area contributed by atoms with Crippen LogP contribution in [0.3, 0.4) is 0 Å². The van der Waals surface area contributed by atoms with E-state index in [0.717, 1.165) is 25.0 Å². The monoisotopic (exact) mass is 413 g/mol. The summed E-state index contributed by atoms with van der Waals surface area (Å²) in [4.78, 5) is 14.1. The van der Waals surface area contributed by atoms with Crippen LogP contribution in [0.15, 0.2) is 30.7 Å². The lowest BCUT2D eigenvalue weighted by atomic mass is 10.1. The van der Waals surface area contributed by atoms with Gasteiger partial charge < -0.3 is 9.64 Å². The van der Waals surface area contributed by atoms with Crippen molar-refractivity contribution in [1.82, 2.24) is 24.5 Å². The van der Waals surface area contributed by atoms with Crippen molar-refractivity contribution in [2.24, 2.45) is 7.05 Å². The van der Waals surface area contributed by atoms with Gasteiger partial charge in [-0.15, -0.1) is 0 Å². The highest BCUT2D eigenvalue weighted by Crippen LogP contribution is 2.28. The van der Waals surface area contributed by atoms with Crippen molar-refractivity contribution in [1.29, 1.82) is 0 Å². The molecular formula is C21H21F2N5O2. The Bertz CT molecular complexity index is 1090. The Morgan fingerprint density at radius 1 is 1.20 bits per heavy atom. The standard InChI is InChI=1S/C21H21F2N5O2/c1-26-8-14(7-24-26)13-5-18(22)17(19(23)6-13)12-27-9-15-10-28(25-20(15)21(27)29)11-16-3-2-4-30-16/h5-8,10,16H,2-4,9,11-12H2,1H3. The molecule has 2 aliphatic rings. The van der Waals surface area contributed by atoms with Crippen LogP contribution in [0.5, 0.6) is 0 Å². The Balaban J connectivity index is 1.32. The average Bonchev–Trinajstić information content (AvgIpc) is 3.47. The number of ether oxygens (including phenoxy) is 1. The maximum Gasteiger partial charge on any atom is 0.275 e. The van der Waals surface area contributed by atoms with Gasteiger partial charge in [0.25, 0.3) is 5.91 Å². The number of halogens is 2. The summed E-state index contributed by atoms with van der Waals surface area (Å²) in [5.41, 5.74) is 2.02. The summed E-state index contributed by atoms with van der Waals surface area (Å²) in [5, 5.41) is 8.40. The molecule has 9 heteroatoms. The van der Waals surface area contributed by atoms with E-state index in [9.17, 15) is 13.6 Å². The molecule has 1 unspecified atom stereocenters. The summed E-state index contributed by atoms with van der Waals surface area (Å²) in [7, 11) is 1.74. The smallest absolute Gasteiger partial charge is 0.275 e. The van der Waals surface area contributed by atoms with Crippen LogP contribution in [0, 0.1) is 11.6 Å². The summed E-state index contributed by atoms with van der Waals surface area (Å²) in [6.45, 7) is 1.50. The van der Waals surface area contributed by atoms with Gasteiger partial charge in [-0.25, -0.2) is 8.78 Å². The largest absolute Gasteiger partial charge is 0.376 e. The van der Waals surface area contributed by atoms with Gasteiger partial charge in [0.15, 0.2) is 5.69 Å². The van der Waals surface area contributed by atoms with E-state index in [4.69, 9.17) is 4.74 Å². The van der Waals surface area contributed by atoms with Crippen LogP contribution >= 0.6 is 0 Å². The van der Waals surface area contributed by atoms with Crippen molar-refractivity contribution in [3.63, 3.8) is 0 Å². The zero-order valence-corrected chi connectivity index (χ0v) is 16.5. The van der Waals surface area contributed by atoms with E-state index in [1.165, 1.54) is 17.0 Å². The molecule has 2 aliphatic heterocycles. The fraction of sp³-hybridized carbons (Fsp3) is 0.381. The minimum atomic E-state index is -0.686. The van der Waals surface area contributed by atoms with Gasteiger partial charge in [-0.1, -0.05) is 0 Å². The van der Waals surface area contributed by atoms with Crippen molar-refractivity contribution in [2.45, 2.75) is 38.6 Å². The molecule has 30 heavy (non-hydrogen) atoms. The molecule has 1 aromatic carbocycles. The van der Waals surface area contributed by atoms with Gasteiger partial charge in [-0.3, -0.25) is 14.2 Å². The van der Waals surface area contributed by atoms with Crippen molar-refractivity contribution >= 4 is 5.91 Å². The second-order valence-corrected chi connectivity index (χ2v) is 7.84. The third-order valence-electron chi connectivity index (χ3n) is 5.63. The fourth-order valence-electron chi connectivity index (χ4n) is 4.09. The number of fused-ring (bicyclic) bond motifs is 1. The molecule has 5 rings (SSSR count). The number of carbonyl (C=O) groups excluding carboxylic acids is 1. The summed E-state index contributed by atoms with van der Waals surface area (Å²) in [6, 6.07) is 2.55. The molecule has 1 fully saturated rings. The van der Waals surface area contributed by atoms with Crippen LogP contribution in [-0.4, -0.2) is 43.1 Å². The number of hydrogen-bond acceptors (Lipinski definition) is 4. The number of aryl methyl sites for hydroxylation is 1. The third kappa shape index (κ3) is 3.39. The lowest BCUT2D eigenvalue weighted by Crippen LogP contribution is -2.26. The van der Waals surface area contributed by atoms with Gasteiger partial charge in [0.05, 0.1) is 31.9 Å². The Labute approximate surface area is 171 Å². The van der Waals surface area contributed by atoms with Gasteiger partial charge in [-0.2, -0.15) is 10.2 Å². The molecule has 0 N–H and O–H groups in total. The topological polar surface area (TPSA) is 65.2 Å². The minimum absolute atomic E-state index is 0.123. The van der Waals surface area contributed by atoms with E-state index >= 15 is 0 Å². The summed E-state index contributed by atoms with van der Waals surface area (Å²) < 4.78 is 38.3. The van der Waals surface area contributed by atoms with Crippen LogP contribution in [0.4, 0.5) is 8.78 Å². The Hall–Kier alpha value is -3.07. The predicted molar refractivity (Wildman–Crippen MR) is 103 cm³/mol. The highest BCUT2D eigenvalue weighted by atomic mass is 19.1. The van der Waals surface area contributed by atoms with Gasteiger partial charge in [0.1, 0.15) is 11.6 Å². The first-order chi connectivity index (χ1) is 14.5. The van der Waals surface area contributed by atoms with Crippen LogP contribution in [0.25, 0.3) is 11.1 Å². The van der Waals surface area contributed by atoms with Crippen LogP contribution in [-0.2, 0) is 31.4 Å². The molecule has 156 valence electrons. The SMILES string of the molecule is Cn1cc(-c2cc(F)c(CN3Cc4cn(CC5CCCO5)nc4C3=O)c(F)c2)cn1. The Kier molecular flexibility index (Phi) is 4.62. The first-order valence-electron chi connectivity index (χ1n) is 9.92. The first-order valence-corrected chi connectivity index (χ1v) is 9.92. The quantitative estimate of drug-likeness (QED) is 0.645. The molecule has 1 amide bonds. The molecule has 0 radical (unpaired) electrons. The molecule has 0 spiro atoms. The van der Waals surface area contributed by atoms with E-state index in [0.29, 0.717) is 23.4 Å². The number of rotatable bonds is 5. The van der Waals surface area contributed by atoms with Crippen LogP contribution < -0.4 is 0 Å². The number of carbonyl (C=O) groups is 1. The lowest BCUT2D eigenvalue weighted by Gasteiger charge is -2.18. The van der Waals surface area contributed by atoms with Crippen molar-refractivity contribution < 1.29 is 18.3 Å². The van der Waals surface area contributed by atoms with Crippen LogP contribution in [0.1, 0.15) is 34.5 Å². The second-order valence-electron chi connectivity index (χ2n) is 7.84. The number of benzene rings is 1. The normalized spacial score (nSPS) is 18.4. The Morgan fingerprint density at radius 2 is 2.00 bits per heavy atom. The molecule has 4 heterocycles. The minimum Gasteiger partial charge on any atom is -0.376 e. The number of hydrogen-bond donors (Lipinski definition) is 0. The van der Waals surface area contributed by atoms with Gasteiger partial charge in [-0.05, 0) is 30.5 Å². The molecule has 0 bridgehead atoms. The molecule has 1 saturated heterocycles. The second kappa shape index (κ2) is 7.32. The third-order valence-corrected chi connectivity index (χ3v) is 5.63. The van der Waals surface area contributed by atoms with Crippen molar-refractivity contribution in [3.8, 4) is 11.1 Å². The van der Waals surface area contributed by atoms with E-state index in [1.807, 2.05) is 6.20 Å².